The Morgan fingerprint density at radius 1 is 0.939 bits per heavy atom. The molecule has 1 fully saturated rings. The number of carbonyl (C=O) groups excluding carboxylic acids is 2. The van der Waals surface area contributed by atoms with E-state index in [-0.39, 0.29) is 23.4 Å². The zero-order chi connectivity index (χ0) is 22.9. The van der Waals surface area contributed by atoms with Crippen LogP contribution in [0.15, 0.2) is 96.8 Å². The zero-order valence-corrected chi connectivity index (χ0v) is 17.5. The molecule has 3 aromatic carbocycles. The molecule has 5 rings (SSSR count). The smallest absolute Gasteiger partial charge is 0.295 e. The molecule has 1 N–H and O–H groups in total. The van der Waals surface area contributed by atoms with Crippen LogP contribution in [-0.2, 0) is 16.1 Å². The SMILES string of the molecule is O=C1C(=O)N(Cc2cccnc2)C(c2ccccc2F)/C1=C(\O)c1cccc2ccccc12. The highest BCUT2D eigenvalue weighted by Gasteiger charge is 2.47. The molecule has 2 heterocycles. The van der Waals surface area contributed by atoms with E-state index in [1.807, 2.05) is 30.3 Å². The van der Waals surface area contributed by atoms with Crippen LogP contribution >= 0.6 is 0 Å². The van der Waals surface area contributed by atoms with Gasteiger partial charge in [0.2, 0.25) is 0 Å². The summed E-state index contributed by atoms with van der Waals surface area (Å²) in [6.07, 6.45) is 3.19. The van der Waals surface area contributed by atoms with Crippen LogP contribution in [0.5, 0.6) is 0 Å². The number of carbonyl (C=O) groups is 2. The maximum Gasteiger partial charge on any atom is 0.295 e. The lowest BCUT2D eigenvalue weighted by Crippen LogP contribution is -2.29. The van der Waals surface area contributed by atoms with E-state index < -0.39 is 23.5 Å². The van der Waals surface area contributed by atoms with Crippen LogP contribution < -0.4 is 0 Å². The second-order valence-electron chi connectivity index (χ2n) is 7.84. The van der Waals surface area contributed by atoms with Gasteiger partial charge in [0, 0.05) is 30.1 Å². The lowest BCUT2D eigenvalue weighted by molar-refractivity contribution is -0.140. The minimum atomic E-state index is -1.08. The van der Waals surface area contributed by atoms with Crippen LogP contribution in [0.2, 0.25) is 0 Å². The molecule has 1 aliphatic rings. The minimum Gasteiger partial charge on any atom is -0.507 e. The molecule has 1 saturated heterocycles. The number of aliphatic hydroxyl groups is 1. The molecule has 1 atom stereocenters. The second kappa shape index (κ2) is 8.31. The normalized spacial score (nSPS) is 17.6. The summed E-state index contributed by atoms with van der Waals surface area (Å²) in [4.78, 5) is 31.7. The van der Waals surface area contributed by atoms with Crippen LogP contribution in [0, 0.1) is 5.82 Å². The van der Waals surface area contributed by atoms with E-state index in [0.29, 0.717) is 11.1 Å². The van der Waals surface area contributed by atoms with Crippen molar-refractivity contribution < 1.29 is 19.1 Å². The van der Waals surface area contributed by atoms with Gasteiger partial charge in [-0.1, -0.05) is 66.7 Å². The van der Waals surface area contributed by atoms with E-state index in [2.05, 4.69) is 4.98 Å². The Bertz CT molecular complexity index is 1410. The van der Waals surface area contributed by atoms with Crippen molar-refractivity contribution in [3.8, 4) is 0 Å². The molecule has 0 bridgehead atoms. The van der Waals surface area contributed by atoms with Gasteiger partial charge in [0.1, 0.15) is 11.6 Å². The quantitative estimate of drug-likeness (QED) is 0.277. The van der Waals surface area contributed by atoms with Crippen molar-refractivity contribution in [3.05, 3.63) is 119 Å². The van der Waals surface area contributed by atoms with Crippen molar-refractivity contribution in [1.82, 2.24) is 9.88 Å². The number of likely N-dealkylation sites (tertiary alicyclic amines) is 1. The summed E-state index contributed by atoms with van der Waals surface area (Å²) < 4.78 is 14.9. The molecule has 6 heteroatoms. The van der Waals surface area contributed by atoms with Gasteiger partial charge in [0.05, 0.1) is 11.6 Å². The van der Waals surface area contributed by atoms with Gasteiger partial charge in [-0.15, -0.1) is 0 Å². The highest BCUT2D eigenvalue weighted by Crippen LogP contribution is 2.42. The molecule has 162 valence electrons. The van der Waals surface area contributed by atoms with Gasteiger partial charge in [-0.2, -0.15) is 0 Å². The summed E-state index contributed by atoms with van der Waals surface area (Å²) in [5.74, 6) is -2.54. The molecule has 4 aromatic rings. The maximum absolute atomic E-state index is 14.9. The molecule has 1 aromatic heterocycles. The number of Topliss-reactive ketones (excluding diaryl/α,β-unsaturated/α-hetero) is 1. The third kappa shape index (κ3) is 3.55. The number of rotatable bonds is 4. The monoisotopic (exact) mass is 438 g/mol. The number of aliphatic hydroxyl groups excluding tert-OH is 1. The average molecular weight is 438 g/mol. The average Bonchev–Trinajstić information content (AvgIpc) is 3.09. The van der Waals surface area contributed by atoms with Gasteiger partial charge in [-0.05, 0) is 28.5 Å². The number of pyridine rings is 1. The number of fused-ring (bicyclic) bond motifs is 1. The molecule has 0 aliphatic carbocycles. The zero-order valence-electron chi connectivity index (χ0n) is 17.5. The molecule has 1 amide bonds. The third-order valence-electron chi connectivity index (χ3n) is 5.86. The van der Waals surface area contributed by atoms with Crippen LogP contribution in [0.3, 0.4) is 0 Å². The third-order valence-corrected chi connectivity index (χ3v) is 5.86. The van der Waals surface area contributed by atoms with E-state index in [1.54, 1.807) is 42.7 Å². The fourth-order valence-corrected chi connectivity index (χ4v) is 4.33. The first-order valence-corrected chi connectivity index (χ1v) is 10.5. The molecule has 1 unspecified atom stereocenters. The summed E-state index contributed by atoms with van der Waals surface area (Å²) >= 11 is 0. The van der Waals surface area contributed by atoms with Gasteiger partial charge in [0.25, 0.3) is 11.7 Å². The Morgan fingerprint density at radius 2 is 1.70 bits per heavy atom. The lowest BCUT2D eigenvalue weighted by atomic mass is 9.93. The highest BCUT2D eigenvalue weighted by atomic mass is 19.1. The van der Waals surface area contributed by atoms with Crippen LogP contribution in [0.4, 0.5) is 4.39 Å². The Hall–Kier alpha value is -4.32. The van der Waals surface area contributed by atoms with Crippen LogP contribution in [-0.4, -0.2) is 26.7 Å². The summed E-state index contributed by atoms with van der Waals surface area (Å²) in [7, 11) is 0. The number of benzene rings is 3. The van der Waals surface area contributed by atoms with Crippen molar-refractivity contribution in [2.24, 2.45) is 0 Å². The fraction of sp³-hybridized carbons (Fsp3) is 0.0741. The van der Waals surface area contributed by atoms with Crippen molar-refractivity contribution in [2.75, 3.05) is 0 Å². The van der Waals surface area contributed by atoms with Crippen molar-refractivity contribution >= 4 is 28.2 Å². The van der Waals surface area contributed by atoms with Gasteiger partial charge < -0.3 is 10.0 Å². The number of aromatic nitrogens is 1. The molecule has 0 spiro atoms. The van der Waals surface area contributed by atoms with Crippen LogP contribution in [0.1, 0.15) is 22.7 Å². The maximum atomic E-state index is 14.9. The molecule has 0 radical (unpaired) electrons. The predicted octanol–water partition coefficient (Wildman–Crippen LogP) is 5.00. The largest absolute Gasteiger partial charge is 0.507 e. The van der Waals surface area contributed by atoms with Gasteiger partial charge in [-0.25, -0.2) is 4.39 Å². The number of ketones is 1. The Labute approximate surface area is 189 Å². The van der Waals surface area contributed by atoms with Gasteiger partial charge in [0.15, 0.2) is 0 Å². The molecule has 5 nitrogen and oxygen atoms in total. The van der Waals surface area contributed by atoms with E-state index in [4.69, 9.17) is 0 Å². The second-order valence-corrected chi connectivity index (χ2v) is 7.84. The standard InChI is InChI=1S/C27H19FN2O3/c28-22-13-4-3-11-21(22)24-23(25(31)20-12-5-9-18-8-1-2-10-19(18)20)26(32)27(33)30(24)16-17-7-6-14-29-15-17/h1-15,24,31H,16H2/b25-23+. The number of amides is 1. The highest BCUT2D eigenvalue weighted by molar-refractivity contribution is 6.46. The van der Waals surface area contributed by atoms with Gasteiger partial charge >= 0.3 is 0 Å². The first-order chi connectivity index (χ1) is 16.1. The van der Waals surface area contributed by atoms with Crippen molar-refractivity contribution in [2.45, 2.75) is 12.6 Å². The van der Waals surface area contributed by atoms with E-state index in [0.717, 1.165) is 10.8 Å². The molecule has 33 heavy (non-hydrogen) atoms. The summed E-state index contributed by atoms with van der Waals surface area (Å²) in [6.45, 7) is 0.0454. The predicted molar refractivity (Wildman–Crippen MR) is 122 cm³/mol. The summed E-state index contributed by atoms with van der Waals surface area (Å²) in [6, 6.07) is 21.2. The van der Waals surface area contributed by atoms with Gasteiger partial charge in [-0.3, -0.25) is 14.6 Å². The topological polar surface area (TPSA) is 70.5 Å². The molecular formula is C27H19FN2O3. The van der Waals surface area contributed by atoms with E-state index >= 15 is 0 Å². The fourth-order valence-electron chi connectivity index (χ4n) is 4.33. The van der Waals surface area contributed by atoms with Crippen molar-refractivity contribution in [1.29, 1.82) is 0 Å². The van der Waals surface area contributed by atoms with E-state index in [9.17, 15) is 19.1 Å². The minimum absolute atomic E-state index is 0.0454. The lowest BCUT2D eigenvalue weighted by Gasteiger charge is -2.25. The van der Waals surface area contributed by atoms with Crippen LogP contribution in [0.25, 0.3) is 16.5 Å². The molecule has 0 saturated carbocycles. The number of nitrogens with zero attached hydrogens (tertiary/aromatic N) is 2. The molecule has 1 aliphatic heterocycles. The Balaban J connectivity index is 1.73. The number of halogens is 1. The summed E-state index contributed by atoms with van der Waals surface area (Å²) in [5.41, 5.74) is 1.10. The number of hydrogen-bond donors (Lipinski definition) is 1. The molecular weight excluding hydrogens is 419 g/mol. The Morgan fingerprint density at radius 3 is 2.48 bits per heavy atom. The first kappa shape index (κ1) is 20.6. The first-order valence-electron chi connectivity index (χ1n) is 10.5. The Kier molecular flexibility index (Phi) is 5.18. The van der Waals surface area contributed by atoms with Crippen molar-refractivity contribution in [3.63, 3.8) is 0 Å². The number of hydrogen-bond acceptors (Lipinski definition) is 4. The van der Waals surface area contributed by atoms with E-state index in [1.165, 1.54) is 23.1 Å². The summed E-state index contributed by atoms with van der Waals surface area (Å²) in [5, 5.41) is 13.0.